The number of fused-ring (bicyclic) bond motifs is 1. The summed E-state index contributed by atoms with van der Waals surface area (Å²) in [6.45, 7) is 0.710. The van der Waals surface area contributed by atoms with Crippen molar-refractivity contribution in [1.29, 1.82) is 0 Å². The molecule has 2 aliphatic rings. The van der Waals surface area contributed by atoms with Crippen LogP contribution in [0.1, 0.15) is 5.56 Å². The Morgan fingerprint density at radius 3 is 2.49 bits per heavy atom. The normalized spacial score (nSPS) is 18.2. The van der Waals surface area contributed by atoms with Crippen LogP contribution in [0.4, 0.5) is 17.1 Å². The quantitative estimate of drug-likeness (QED) is 0.434. The molecule has 1 saturated heterocycles. The third-order valence-corrected chi connectivity index (χ3v) is 8.23. The number of para-hydroxylation sites is 1. The number of hydrogen-bond donors (Lipinski definition) is 1. The Bertz CT molecular complexity index is 1400. The van der Waals surface area contributed by atoms with Crippen molar-refractivity contribution in [3.8, 4) is 0 Å². The lowest BCUT2D eigenvalue weighted by Crippen LogP contribution is -2.29. The number of carbonyl (C=O) groups is 2. The minimum absolute atomic E-state index is 0.0646. The van der Waals surface area contributed by atoms with Gasteiger partial charge in [0.15, 0.2) is 5.17 Å². The van der Waals surface area contributed by atoms with Gasteiger partial charge in [0.1, 0.15) is 4.91 Å². The van der Waals surface area contributed by atoms with Crippen LogP contribution >= 0.6 is 23.5 Å². The number of carbonyl (C=O) groups excluding carboxylic acids is 2. The van der Waals surface area contributed by atoms with Crippen LogP contribution in [0.5, 0.6) is 0 Å². The zero-order chi connectivity index (χ0) is 25.9. The molecule has 3 aromatic carbocycles. The van der Waals surface area contributed by atoms with E-state index in [0.717, 1.165) is 21.2 Å². The summed E-state index contributed by atoms with van der Waals surface area (Å²) in [6.07, 6.45) is 0. The number of likely N-dealkylation sites (N-methyl/N-ethyl adjacent to an activating group) is 1. The number of nitrogens with one attached hydrogen (secondary N) is 1. The fourth-order valence-electron chi connectivity index (χ4n) is 4.08. The zero-order valence-electron chi connectivity index (χ0n) is 20.8. The molecule has 1 N–H and O–H groups in total. The van der Waals surface area contributed by atoms with Crippen LogP contribution in [-0.2, 0) is 16.1 Å². The second kappa shape index (κ2) is 10.8. The Kier molecular flexibility index (Phi) is 7.36. The Hall–Kier alpha value is -3.53. The van der Waals surface area contributed by atoms with Gasteiger partial charge in [-0.3, -0.25) is 14.5 Å². The molecule has 0 spiro atoms. The molecule has 0 aliphatic carbocycles. The van der Waals surface area contributed by atoms with Crippen LogP contribution in [0.3, 0.4) is 0 Å². The number of hydrogen-bond acceptors (Lipinski definition) is 7. The van der Waals surface area contributed by atoms with E-state index in [1.54, 1.807) is 16.7 Å². The lowest BCUT2D eigenvalue weighted by atomic mass is 10.2. The van der Waals surface area contributed by atoms with Crippen LogP contribution in [0.2, 0.25) is 0 Å². The van der Waals surface area contributed by atoms with Gasteiger partial charge in [-0.2, -0.15) is 0 Å². The summed E-state index contributed by atoms with van der Waals surface area (Å²) in [5, 5.41) is 4.43. The van der Waals surface area contributed by atoms with Crippen LogP contribution in [-0.4, -0.2) is 54.5 Å². The molecule has 2 heterocycles. The van der Waals surface area contributed by atoms with Gasteiger partial charge in [-0.25, -0.2) is 4.99 Å². The predicted molar refractivity (Wildman–Crippen MR) is 153 cm³/mol. The highest BCUT2D eigenvalue weighted by atomic mass is 32.2. The summed E-state index contributed by atoms with van der Waals surface area (Å²) in [4.78, 5) is 38.3. The highest BCUT2D eigenvalue weighted by molar-refractivity contribution is 8.19. The summed E-state index contributed by atoms with van der Waals surface area (Å²) in [5.41, 5.74) is 3.44. The zero-order valence-corrected chi connectivity index (χ0v) is 22.5. The van der Waals surface area contributed by atoms with Gasteiger partial charge in [0.25, 0.3) is 5.91 Å². The van der Waals surface area contributed by atoms with Crippen molar-refractivity contribution in [3.63, 3.8) is 0 Å². The molecule has 2 amide bonds. The van der Waals surface area contributed by atoms with Crippen molar-refractivity contribution in [3.05, 3.63) is 94.4 Å². The Balaban J connectivity index is 1.48. The van der Waals surface area contributed by atoms with E-state index >= 15 is 0 Å². The number of aliphatic imine (C=N–C) groups is 1. The standard InChI is InChI=1S/C28H27N5O2S2/c1-31(2)18-24(34)29-20-12-9-13-21(16-20)30-28-33(17-19-10-5-4-6-11-19)26(35)25(37-28)27-32(3)22-14-7-8-15-23(22)36-27/h4-16H,17-18H2,1-3H3,(H,29,34)/b27-25-,30-28-. The first-order valence-corrected chi connectivity index (χ1v) is 13.4. The molecule has 0 saturated carbocycles. The molecule has 9 heteroatoms. The number of benzene rings is 3. The van der Waals surface area contributed by atoms with E-state index < -0.39 is 0 Å². The largest absolute Gasteiger partial charge is 0.337 e. The number of nitrogens with zero attached hydrogens (tertiary/aromatic N) is 4. The van der Waals surface area contributed by atoms with Crippen molar-refractivity contribution in [2.45, 2.75) is 11.4 Å². The highest BCUT2D eigenvalue weighted by Crippen LogP contribution is 2.50. The molecule has 0 atom stereocenters. The molecule has 0 radical (unpaired) electrons. The van der Waals surface area contributed by atoms with Gasteiger partial charge >= 0.3 is 0 Å². The summed E-state index contributed by atoms with van der Waals surface area (Å²) in [5.74, 6) is -0.163. The van der Waals surface area contributed by atoms with Crippen molar-refractivity contribution in [1.82, 2.24) is 9.80 Å². The number of rotatable bonds is 6. The van der Waals surface area contributed by atoms with Gasteiger partial charge in [-0.15, -0.1) is 0 Å². The van der Waals surface area contributed by atoms with Gasteiger partial charge < -0.3 is 15.1 Å². The van der Waals surface area contributed by atoms with Gasteiger partial charge in [-0.05, 0) is 61.8 Å². The molecule has 0 unspecified atom stereocenters. The average molecular weight is 530 g/mol. The maximum absolute atomic E-state index is 13.8. The Labute approximate surface area is 225 Å². The van der Waals surface area contributed by atoms with E-state index in [9.17, 15) is 9.59 Å². The Morgan fingerprint density at radius 2 is 1.73 bits per heavy atom. The first-order chi connectivity index (χ1) is 17.9. The third kappa shape index (κ3) is 5.58. The topological polar surface area (TPSA) is 68.2 Å². The fraction of sp³-hybridized carbons (Fsp3) is 0.179. The minimum Gasteiger partial charge on any atom is -0.337 e. The fourth-order valence-corrected chi connectivity index (χ4v) is 6.42. The van der Waals surface area contributed by atoms with E-state index in [4.69, 9.17) is 4.99 Å². The minimum atomic E-state index is -0.0983. The van der Waals surface area contributed by atoms with Gasteiger partial charge in [-0.1, -0.05) is 60.3 Å². The molecule has 188 valence electrons. The monoisotopic (exact) mass is 529 g/mol. The van der Waals surface area contributed by atoms with Crippen LogP contribution in [0, 0.1) is 0 Å². The van der Waals surface area contributed by atoms with E-state index in [1.165, 1.54) is 11.8 Å². The first-order valence-electron chi connectivity index (χ1n) is 11.8. The molecule has 2 aliphatic heterocycles. The number of amidine groups is 1. The van der Waals surface area contributed by atoms with Gasteiger partial charge in [0.05, 0.1) is 29.5 Å². The third-order valence-electron chi connectivity index (χ3n) is 5.79. The van der Waals surface area contributed by atoms with Crippen molar-refractivity contribution >= 4 is 57.6 Å². The maximum Gasteiger partial charge on any atom is 0.269 e. The van der Waals surface area contributed by atoms with E-state index in [-0.39, 0.29) is 11.8 Å². The number of amides is 2. The molecule has 3 aromatic rings. The molecule has 0 aromatic heterocycles. The van der Waals surface area contributed by atoms with Gasteiger partial charge in [0.2, 0.25) is 5.91 Å². The Morgan fingerprint density at radius 1 is 0.973 bits per heavy atom. The SMILES string of the molecule is CN(C)CC(=O)Nc1cccc(/N=C2\S/C(=C3\Sc4ccccc4N3C)C(=O)N2Cc2ccccc2)c1. The van der Waals surface area contributed by atoms with Crippen molar-refractivity contribution < 1.29 is 9.59 Å². The molecule has 7 nitrogen and oxygen atoms in total. The summed E-state index contributed by atoms with van der Waals surface area (Å²) < 4.78 is 0. The second-order valence-electron chi connectivity index (χ2n) is 8.97. The van der Waals surface area contributed by atoms with E-state index in [2.05, 4.69) is 22.3 Å². The molecular weight excluding hydrogens is 502 g/mol. The molecule has 1 fully saturated rings. The van der Waals surface area contributed by atoms with E-state index in [0.29, 0.717) is 34.5 Å². The molecule has 37 heavy (non-hydrogen) atoms. The lowest BCUT2D eigenvalue weighted by molar-refractivity contribution is -0.122. The first kappa shape index (κ1) is 25.1. The maximum atomic E-state index is 13.8. The van der Waals surface area contributed by atoms with Crippen LogP contribution in [0.25, 0.3) is 0 Å². The molecule has 0 bridgehead atoms. The van der Waals surface area contributed by atoms with E-state index in [1.807, 2.05) is 92.8 Å². The second-order valence-corrected chi connectivity index (χ2v) is 11.0. The van der Waals surface area contributed by atoms with Crippen LogP contribution in [0.15, 0.2) is 98.7 Å². The smallest absolute Gasteiger partial charge is 0.269 e. The molecule has 5 rings (SSSR count). The predicted octanol–water partition coefficient (Wildman–Crippen LogP) is 5.36. The van der Waals surface area contributed by atoms with Crippen LogP contribution < -0.4 is 10.2 Å². The summed E-state index contributed by atoms with van der Waals surface area (Å²) >= 11 is 3.00. The lowest BCUT2D eigenvalue weighted by Gasteiger charge is -2.17. The van der Waals surface area contributed by atoms with Crippen molar-refractivity contribution in [2.24, 2.45) is 4.99 Å². The van der Waals surface area contributed by atoms with Gasteiger partial charge in [0, 0.05) is 17.6 Å². The summed E-state index contributed by atoms with van der Waals surface area (Å²) in [7, 11) is 5.69. The number of thioether (sulfide) groups is 2. The average Bonchev–Trinajstić information content (AvgIpc) is 3.36. The molecular formula is C28H27N5O2S2. The summed E-state index contributed by atoms with van der Waals surface area (Å²) in [6, 6.07) is 25.4. The number of anilines is 2. The highest BCUT2D eigenvalue weighted by Gasteiger charge is 2.39. The van der Waals surface area contributed by atoms with Crippen molar-refractivity contribution in [2.75, 3.05) is 37.9 Å².